The molecule has 0 saturated carbocycles. The highest BCUT2D eigenvalue weighted by Crippen LogP contribution is 2.29. The average molecular weight is 471 g/mol. The number of amides is 1. The Morgan fingerprint density at radius 2 is 1.77 bits per heavy atom. The van der Waals surface area contributed by atoms with E-state index in [0.717, 1.165) is 5.56 Å². The Balaban J connectivity index is 1.43. The summed E-state index contributed by atoms with van der Waals surface area (Å²) >= 11 is 0. The molecule has 0 aliphatic rings. The molecule has 176 valence electrons. The molecule has 8 nitrogen and oxygen atoms in total. The number of nitrogens with two attached hydrogens (primary N) is 1. The summed E-state index contributed by atoms with van der Waals surface area (Å²) in [6.45, 7) is 0.397. The van der Waals surface area contributed by atoms with Gasteiger partial charge in [-0.05, 0) is 47.5 Å². The van der Waals surface area contributed by atoms with E-state index in [4.69, 9.17) is 24.4 Å². The van der Waals surface area contributed by atoms with Gasteiger partial charge in [0.2, 0.25) is 0 Å². The molecule has 4 aromatic rings. The highest BCUT2D eigenvalue weighted by Gasteiger charge is 2.12. The molecule has 0 fully saturated rings. The summed E-state index contributed by atoms with van der Waals surface area (Å²) in [7, 11) is 1.54. The van der Waals surface area contributed by atoms with Gasteiger partial charge in [0, 0.05) is 17.5 Å². The Bertz CT molecular complexity index is 1470. The van der Waals surface area contributed by atoms with Crippen molar-refractivity contribution < 1.29 is 28.2 Å². The summed E-state index contributed by atoms with van der Waals surface area (Å²) in [5, 5.41) is 0.468. The molecule has 0 saturated heterocycles. The fourth-order valence-electron chi connectivity index (χ4n) is 3.28. The van der Waals surface area contributed by atoms with Crippen LogP contribution in [-0.2, 0) is 11.4 Å². The molecule has 0 atom stereocenters. The zero-order chi connectivity index (χ0) is 24.8. The van der Waals surface area contributed by atoms with E-state index >= 15 is 0 Å². The number of carbonyl (C=O) groups excluding carboxylic acids is 2. The maximum Gasteiger partial charge on any atom is 0.349 e. The van der Waals surface area contributed by atoms with Crippen LogP contribution in [0.15, 0.2) is 88.1 Å². The lowest BCUT2D eigenvalue weighted by atomic mass is 10.1. The Labute approximate surface area is 200 Å². The van der Waals surface area contributed by atoms with E-state index in [9.17, 15) is 14.4 Å². The highest BCUT2D eigenvalue weighted by atomic mass is 16.5. The fourth-order valence-corrected chi connectivity index (χ4v) is 3.28. The lowest BCUT2D eigenvalue weighted by Crippen LogP contribution is -2.20. The van der Waals surface area contributed by atoms with E-state index in [-0.39, 0.29) is 16.9 Å². The first kappa shape index (κ1) is 23.3. The van der Waals surface area contributed by atoms with Crippen molar-refractivity contribution in [3.05, 3.63) is 106 Å². The highest BCUT2D eigenvalue weighted by molar-refractivity contribution is 5.95. The van der Waals surface area contributed by atoms with Crippen LogP contribution in [0.25, 0.3) is 17.0 Å². The second-order valence-electron chi connectivity index (χ2n) is 7.45. The predicted molar refractivity (Wildman–Crippen MR) is 129 cm³/mol. The Morgan fingerprint density at radius 3 is 2.51 bits per heavy atom. The van der Waals surface area contributed by atoms with Crippen LogP contribution in [0.4, 0.5) is 0 Å². The first-order valence-corrected chi connectivity index (χ1v) is 10.6. The molecule has 0 aliphatic carbocycles. The largest absolute Gasteiger partial charge is 0.493 e. The average Bonchev–Trinajstić information content (AvgIpc) is 2.86. The van der Waals surface area contributed by atoms with E-state index in [1.54, 1.807) is 30.3 Å². The van der Waals surface area contributed by atoms with Gasteiger partial charge in [0.05, 0.1) is 7.11 Å². The summed E-state index contributed by atoms with van der Waals surface area (Å²) in [6.07, 6.45) is 2.84. The van der Waals surface area contributed by atoms with Gasteiger partial charge in [0.1, 0.15) is 23.5 Å². The van der Waals surface area contributed by atoms with Crippen molar-refractivity contribution in [1.82, 2.24) is 0 Å². The quantitative estimate of drug-likeness (QED) is 0.178. The number of methoxy groups -OCH3 is 1. The number of carbonyl (C=O) groups is 2. The minimum atomic E-state index is -0.881. The molecule has 3 aromatic carbocycles. The molecule has 1 aromatic heterocycles. The Kier molecular flexibility index (Phi) is 6.92. The van der Waals surface area contributed by atoms with Gasteiger partial charge in [-0.3, -0.25) is 4.79 Å². The van der Waals surface area contributed by atoms with Crippen LogP contribution >= 0.6 is 0 Å². The van der Waals surface area contributed by atoms with Crippen molar-refractivity contribution in [1.29, 1.82) is 0 Å². The molecule has 0 bridgehead atoms. The van der Waals surface area contributed by atoms with Crippen LogP contribution in [0.1, 0.15) is 21.5 Å². The van der Waals surface area contributed by atoms with Crippen molar-refractivity contribution in [2.75, 3.05) is 7.11 Å². The van der Waals surface area contributed by atoms with Crippen molar-refractivity contribution in [3.8, 4) is 17.2 Å². The third-order valence-corrected chi connectivity index (χ3v) is 5.03. The maximum atomic E-state index is 12.3. The maximum absolute atomic E-state index is 12.3. The number of rotatable bonds is 8. The smallest absolute Gasteiger partial charge is 0.349 e. The fraction of sp³-hybridized carbons (Fsp3) is 0.0741. The third kappa shape index (κ3) is 5.75. The van der Waals surface area contributed by atoms with Gasteiger partial charge in [-0.1, -0.05) is 36.4 Å². The SMILES string of the molecule is COc1cc(/C=C/C(=O)Oc2ccc3cc(C(N)=O)c(=O)oc3c2)ccc1OCc1ccccc1. The lowest BCUT2D eigenvalue weighted by molar-refractivity contribution is -0.128. The van der Waals surface area contributed by atoms with Gasteiger partial charge >= 0.3 is 11.6 Å². The van der Waals surface area contributed by atoms with Gasteiger partial charge in [-0.15, -0.1) is 0 Å². The first-order chi connectivity index (χ1) is 16.9. The van der Waals surface area contributed by atoms with Crippen molar-refractivity contribution >= 4 is 28.9 Å². The summed E-state index contributed by atoms with van der Waals surface area (Å²) in [6, 6.07) is 20.8. The number of esters is 1. The van der Waals surface area contributed by atoms with E-state index in [2.05, 4.69) is 0 Å². The molecular weight excluding hydrogens is 450 g/mol. The standard InChI is InChI=1S/C27H21NO7/c1-32-24-13-17(7-11-22(24)33-16-18-5-3-2-4-6-18)8-12-25(29)34-20-10-9-19-14-21(26(28)30)27(31)35-23(19)15-20/h2-15H,16H2,1H3,(H2,28,30)/b12-8+. The summed E-state index contributed by atoms with van der Waals surface area (Å²) < 4.78 is 21.6. The number of fused-ring (bicyclic) bond motifs is 1. The predicted octanol–water partition coefficient (Wildman–Crippen LogP) is 4.10. The number of hydrogen-bond acceptors (Lipinski definition) is 7. The summed E-state index contributed by atoms with van der Waals surface area (Å²) in [4.78, 5) is 35.4. The molecule has 0 aliphatic heterocycles. The van der Waals surface area contributed by atoms with Gasteiger partial charge in [0.15, 0.2) is 11.5 Å². The number of benzene rings is 3. The van der Waals surface area contributed by atoms with E-state index in [0.29, 0.717) is 29.1 Å². The summed E-state index contributed by atoms with van der Waals surface area (Å²) in [5.41, 5.74) is 5.93. The van der Waals surface area contributed by atoms with Crippen LogP contribution in [-0.4, -0.2) is 19.0 Å². The van der Waals surface area contributed by atoms with Gasteiger partial charge in [-0.25, -0.2) is 9.59 Å². The second-order valence-corrected chi connectivity index (χ2v) is 7.45. The number of primary amides is 1. The monoisotopic (exact) mass is 471 g/mol. The molecule has 8 heteroatoms. The lowest BCUT2D eigenvalue weighted by Gasteiger charge is -2.11. The molecule has 0 radical (unpaired) electrons. The van der Waals surface area contributed by atoms with Crippen LogP contribution in [0.5, 0.6) is 17.2 Å². The van der Waals surface area contributed by atoms with E-state index < -0.39 is 17.5 Å². The summed E-state index contributed by atoms with van der Waals surface area (Å²) in [5.74, 6) is -0.244. The second kappa shape index (κ2) is 10.4. The molecule has 4 rings (SSSR count). The van der Waals surface area contributed by atoms with Gasteiger partial charge < -0.3 is 24.4 Å². The zero-order valence-electron chi connectivity index (χ0n) is 18.7. The Hall–Kier alpha value is -4.85. The van der Waals surface area contributed by atoms with Crippen LogP contribution in [0, 0.1) is 0 Å². The van der Waals surface area contributed by atoms with Crippen LogP contribution in [0.3, 0.4) is 0 Å². The Morgan fingerprint density at radius 1 is 0.971 bits per heavy atom. The number of ether oxygens (including phenoxy) is 3. The van der Waals surface area contributed by atoms with Crippen molar-refractivity contribution in [2.45, 2.75) is 6.61 Å². The van der Waals surface area contributed by atoms with E-state index in [1.807, 2.05) is 30.3 Å². The molecule has 0 unspecified atom stereocenters. The van der Waals surface area contributed by atoms with E-state index in [1.165, 1.54) is 31.4 Å². The first-order valence-electron chi connectivity index (χ1n) is 10.6. The van der Waals surface area contributed by atoms with Crippen LogP contribution < -0.4 is 25.6 Å². The minimum Gasteiger partial charge on any atom is -0.493 e. The normalized spacial score (nSPS) is 10.9. The molecule has 0 spiro atoms. The van der Waals surface area contributed by atoms with Gasteiger partial charge in [-0.2, -0.15) is 0 Å². The third-order valence-electron chi connectivity index (χ3n) is 5.03. The van der Waals surface area contributed by atoms with Gasteiger partial charge in [0.25, 0.3) is 5.91 Å². The molecule has 1 heterocycles. The molecule has 2 N–H and O–H groups in total. The minimum absolute atomic E-state index is 0.158. The van der Waals surface area contributed by atoms with Crippen molar-refractivity contribution in [3.63, 3.8) is 0 Å². The topological polar surface area (TPSA) is 118 Å². The van der Waals surface area contributed by atoms with Crippen molar-refractivity contribution in [2.24, 2.45) is 5.73 Å². The van der Waals surface area contributed by atoms with Crippen LogP contribution in [0.2, 0.25) is 0 Å². The zero-order valence-corrected chi connectivity index (χ0v) is 18.7. The molecule has 1 amide bonds. The molecular formula is C27H21NO7. The molecule has 35 heavy (non-hydrogen) atoms. The number of hydrogen-bond donors (Lipinski definition) is 1.